The highest BCUT2D eigenvalue weighted by atomic mass is 35.5. The van der Waals surface area contributed by atoms with Gasteiger partial charge in [-0.2, -0.15) is 0 Å². The summed E-state index contributed by atoms with van der Waals surface area (Å²) in [5.41, 5.74) is 4.17. The molecule has 0 saturated heterocycles. The van der Waals surface area contributed by atoms with Gasteiger partial charge in [-0.3, -0.25) is 9.36 Å². The van der Waals surface area contributed by atoms with E-state index >= 15 is 0 Å². The number of rotatable bonds is 5. The van der Waals surface area contributed by atoms with Crippen molar-refractivity contribution in [1.82, 2.24) is 14.5 Å². The molecule has 2 aromatic heterocycles. The molecular formula is C30H25ClN4O5. The van der Waals surface area contributed by atoms with Gasteiger partial charge in [0.1, 0.15) is 5.52 Å². The SMILES string of the molecule is COC(=O)c1ccc2c(c1)C(c1ccccc1Cl)N(c1nc(-c3nc4ccccc4o3)c(OC)c(=O)n1C)CC2. The molecule has 0 N–H and O–H groups in total. The van der Waals surface area contributed by atoms with Crippen molar-refractivity contribution in [2.24, 2.45) is 7.05 Å². The molecule has 0 bridgehead atoms. The number of anilines is 1. The highest BCUT2D eigenvalue weighted by molar-refractivity contribution is 6.31. The van der Waals surface area contributed by atoms with E-state index in [0.717, 1.165) is 16.7 Å². The highest BCUT2D eigenvalue weighted by Gasteiger charge is 2.34. The van der Waals surface area contributed by atoms with Gasteiger partial charge in [0, 0.05) is 18.6 Å². The highest BCUT2D eigenvalue weighted by Crippen LogP contribution is 2.41. The van der Waals surface area contributed by atoms with Crippen LogP contribution in [-0.4, -0.2) is 41.3 Å². The van der Waals surface area contributed by atoms with E-state index < -0.39 is 17.6 Å². The smallest absolute Gasteiger partial charge is 0.337 e. The maximum Gasteiger partial charge on any atom is 0.337 e. The first kappa shape index (κ1) is 25.6. The Bertz CT molecular complexity index is 1800. The minimum absolute atomic E-state index is 0.0255. The van der Waals surface area contributed by atoms with Crippen LogP contribution in [0.15, 0.2) is 75.9 Å². The summed E-state index contributed by atoms with van der Waals surface area (Å²) in [6.45, 7) is 0.528. The first-order valence-corrected chi connectivity index (χ1v) is 13.0. The minimum Gasteiger partial charge on any atom is -0.489 e. The summed E-state index contributed by atoms with van der Waals surface area (Å²) in [4.78, 5) is 37.6. The van der Waals surface area contributed by atoms with E-state index in [1.807, 2.05) is 59.5 Å². The second kappa shape index (κ2) is 10.2. The predicted molar refractivity (Wildman–Crippen MR) is 151 cm³/mol. The lowest BCUT2D eigenvalue weighted by Crippen LogP contribution is -2.40. The third-order valence-electron chi connectivity index (χ3n) is 7.18. The molecule has 6 rings (SSSR count). The van der Waals surface area contributed by atoms with Crippen molar-refractivity contribution in [1.29, 1.82) is 0 Å². The van der Waals surface area contributed by atoms with Crippen LogP contribution in [0.1, 0.15) is 33.1 Å². The van der Waals surface area contributed by atoms with Crippen molar-refractivity contribution in [3.05, 3.63) is 104 Å². The van der Waals surface area contributed by atoms with Crippen LogP contribution in [-0.2, 0) is 18.2 Å². The Morgan fingerprint density at radius 1 is 1.02 bits per heavy atom. The molecule has 0 aliphatic carbocycles. The normalized spacial score (nSPS) is 14.7. The lowest BCUT2D eigenvalue weighted by Gasteiger charge is -2.39. The van der Waals surface area contributed by atoms with Gasteiger partial charge < -0.3 is 18.8 Å². The maximum absolute atomic E-state index is 13.6. The number of benzene rings is 3. The molecule has 0 spiro atoms. The zero-order chi connectivity index (χ0) is 28.0. The number of aromatic nitrogens is 3. The summed E-state index contributed by atoms with van der Waals surface area (Å²) >= 11 is 6.75. The molecule has 1 unspecified atom stereocenters. The van der Waals surface area contributed by atoms with Gasteiger partial charge in [-0.15, -0.1) is 0 Å². The third-order valence-corrected chi connectivity index (χ3v) is 7.52. The summed E-state index contributed by atoms with van der Waals surface area (Å²) < 4.78 is 17.9. The molecule has 0 radical (unpaired) electrons. The van der Waals surface area contributed by atoms with Crippen LogP contribution in [0.2, 0.25) is 5.02 Å². The Morgan fingerprint density at radius 2 is 1.80 bits per heavy atom. The first-order chi connectivity index (χ1) is 19.4. The first-order valence-electron chi connectivity index (χ1n) is 12.6. The summed E-state index contributed by atoms with van der Waals surface area (Å²) in [6, 6.07) is 19.9. The molecule has 1 aliphatic heterocycles. The molecule has 9 nitrogen and oxygen atoms in total. The van der Waals surface area contributed by atoms with Crippen LogP contribution in [0.3, 0.4) is 0 Å². The Labute approximate surface area is 234 Å². The van der Waals surface area contributed by atoms with Crippen molar-refractivity contribution in [2.75, 3.05) is 25.7 Å². The van der Waals surface area contributed by atoms with Crippen LogP contribution < -0.4 is 15.2 Å². The number of oxazole rings is 1. The molecule has 5 aromatic rings. The topological polar surface area (TPSA) is 99.7 Å². The van der Waals surface area contributed by atoms with E-state index in [2.05, 4.69) is 4.98 Å². The number of para-hydroxylation sites is 2. The standard InChI is InChI=1S/C30H25ClN4O5/c1-34-28(36)26(38-2)24(27-32-22-10-6-7-11-23(22)40-27)33-30(34)35-15-14-17-12-13-18(29(37)39-3)16-20(17)25(35)19-8-4-5-9-21(19)31/h4-13,16,25H,14-15H2,1-3H3. The van der Waals surface area contributed by atoms with E-state index in [1.165, 1.54) is 18.8 Å². The second-order valence-corrected chi connectivity index (χ2v) is 9.82. The number of nitrogens with zero attached hydrogens (tertiary/aromatic N) is 4. The van der Waals surface area contributed by atoms with Crippen molar-refractivity contribution >= 4 is 34.6 Å². The van der Waals surface area contributed by atoms with Gasteiger partial charge in [0.15, 0.2) is 11.3 Å². The van der Waals surface area contributed by atoms with Gasteiger partial charge >= 0.3 is 5.97 Å². The fourth-order valence-corrected chi connectivity index (χ4v) is 5.48. The number of methoxy groups -OCH3 is 2. The molecule has 1 aliphatic rings. The largest absolute Gasteiger partial charge is 0.489 e. The number of hydrogen-bond donors (Lipinski definition) is 0. The molecule has 0 saturated carbocycles. The number of ether oxygens (including phenoxy) is 2. The fourth-order valence-electron chi connectivity index (χ4n) is 5.24. The lowest BCUT2D eigenvalue weighted by atomic mass is 9.87. The molecule has 1 atom stereocenters. The van der Waals surface area contributed by atoms with Crippen LogP contribution in [0.4, 0.5) is 5.95 Å². The molecule has 3 heterocycles. The number of halogens is 1. The zero-order valence-corrected chi connectivity index (χ0v) is 22.8. The van der Waals surface area contributed by atoms with Crippen LogP contribution in [0, 0.1) is 0 Å². The van der Waals surface area contributed by atoms with Crippen molar-refractivity contribution in [3.63, 3.8) is 0 Å². The van der Waals surface area contributed by atoms with Crippen molar-refractivity contribution in [2.45, 2.75) is 12.5 Å². The van der Waals surface area contributed by atoms with Crippen molar-refractivity contribution < 1.29 is 18.7 Å². The number of esters is 1. The molecule has 10 heteroatoms. The summed E-state index contributed by atoms with van der Waals surface area (Å²) in [5, 5.41) is 0.548. The van der Waals surface area contributed by atoms with Crippen LogP contribution in [0.5, 0.6) is 5.75 Å². The summed E-state index contributed by atoms with van der Waals surface area (Å²) in [7, 11) is 4.42. The minimum atomic E-state index is -0.454. The molecule has 40 heavy (non-hydrogen) atoms. The number of hydrogen-bond acceptors (Lipinski definition) is 8. The van der Waals surface area contributed by atoms with E-state index in [0.29, 0.717) is 40.6 Å². The average Bonchev–Trinajstić information content (AvgIpc) is 3.42. The van der Waals surface area contributed by atoms with E-state index in [4.69, 9.17) is 30.5 Å². The lowest BCUT2D eigenvalue weighted by molar-refractivity contribution is 0.0600. The molecule has 3 aromatic carbocycles. The van der Waals surface area contributed by atoms with Gasteiger partial charge in [0.25, 0.3) is 11.4 Å². The van der Waals surface area contributed by atoms with Gasteiger partial charge in [-0.05, 0) is 53.4 Å². The Kier molecular flexibility index (Phi) is 6.51. The number of fused-ring (bicyclic) bond motifs is 2. The molecule has 0 amide bonds. The third kappa shape index (κ3) is 4.19. The average molecular weight is 557 g/mol. The van der Waals surface area contributed by atoms with Gasteiger partial charge in [0.05, 0.1) is 25.8 Å². The molecule has 0 fully saturated rings. The fraction of sp³-hybridized carbons (Fsp3) is 0.200. The summed E-state index contributed by atoms with van der Waals surface area (Å²) in [6.07, 6.45) is 0.651. The van der Waals surface area contributed by atoms with E-state index in [9.17, 15) is 9.59 Å². The number of carbonyl (C=O) groups excluding carboxylic acids is 1. The maximum atomic E-state index is 13.6. The molecule has 202 valence electrons. The van der Waals surface area contributed by atoms with Crippen LogP contribution in [0.25, 0.3) is 22.7 Å². The quantitative estimate of drug-likeness (QED) is 0.273. The second-order valence-electron chi connectivity index (χ2n) is 9.42. The molecular weight excluding hydrogens is 532 g/mol. The van der Waals surface area contributed by atoms with Gasteiger partial charge in [-0.25, -0.2) is 14.8 Å². The van der Waals surface area contributed by atoms with E-state index in [1.54, 1.807) is 19.2 Å². The monoisotopic (exact) mass is 556 g/mol. The summed E-state index contributed by atoms with van der Waals surface area (Å²) in [5.74, 6) is 0.141. The Hall–Kier alpha value is -4.63. The van der Waals surface area contributed by atoms with Gasteiger partial charge in [-0.1, -0.05) is 48.0 Å². The van der Waals surface area contributed by atoms with Crippen LogP contribution >= 0.6 is 11.6 Å². The Balaban J connectivity index is 1.58. The van der Waals surface area contributed by atoms with E-state index in [-0.39, 0.29) is 17.3 Å². The van der Waals surface area contributed by atoms with Crippen molar-refractivity contribution in [3.8, 4) is 17.3 Å². The number of carbonyl (C=O) groups is 1. The Morgan fingerprint density at radius 3 is 2.55 bits per heavy atom. The zero-order valence-electron chi connectivity index (χ0n) is 22.1. The predicted octanol–water partition coefficient (Wildman–Crippen LogP) is 5.19. The van der Waals surface area contributed by atoms with Gasteiger partial charge in [0.2, 0.25) is 11.7 Å².